The second-order valence-corrected chi connectivity index (χ2v) is 7.20. The lowest BCUT2D eigenvalue weighted by Crippen LogP contribution is -2.45. The summed E-state index contributed by atoms with van der Waals surface area (Å²) in [6.45, 7) is 2.63. The number of ether oxygens (including phenoxy) is 1. The van der Waals surface area contributed by atoms with E-state index in [0.717, 1.165) is 36.2 Å². The van der Waals surface area contributed by atoms with E-state index in [1.54, 1.807) is 28.9 Å². The van der Waals surface area contributed by atoms with Gasteiger partial charge in [0.2, 0.25) is 0 Å². The first-order valence-corrected chi connectivity index (χ1v) is 9.48. The van der Waals surface area contributed by atoms with Gasteiger partial charge in [0.15, 0.2) is 23.3 Å². The summed E-state index contributed by atoms with van der Waals surface area (Å²) < 4.78 is 34.1. The molecule has 1 fully saturated rings. The van der Waals surface area contributed by atoms with Crippen molar-refractivity contribution in [3.63, 3.8) is 0 Å². The highest BCUT2D eigenvalue weighted by molar-refractivity contribution is 5.81. The van der Waals surface area contributed by atoms with Crippen LogP contribution in [-0.2, 0) is 11.8 Å². The number of piperidine rings is 1. The largest absolute Gasteiger partial charge is 0.478 e. The maximum absolute atomic E-state index is 13.8. The quantitative estimate of drug-likeness (QED) is 0.672. The van der Waals surface area contributed by atoms with E-state index in [0.29, 0.717) is 18.7 Å². The van der Waals surface area contributed by atoms with Gasteiger partial charge in [-0.3, -0.25) is 4.79 Å². The van der Waals surface area contributed by atoms with E-state index in [1.807, 2.05) is 7.05 Å². The molecule has 2 aromatic heterocycles. The number of fused-ring (bicyclic) bond motifs is 1. The van der Waals surface area contributed by atoms with Crippen molar-refractivity contribution < 1.29 is 18.3 Å². The third-order valence-corrected chi connectivity index (χ3v) is 5.15. The van der Waals surface area contributed by atoms with Crippen LogP contribution in [0.15, 0.2) is 30.6 Å². The number of aryl methyl sites for hydroxylation is 1. The lowest BCUT2D eigenvalue weighted by atomic mass is 9.94. The third kappa shape index (κ3) is 3.76. The van der Waals surface area contributed by atoms with Crippen molar-refractivity contribution in [1.29, 1.82) is 0 Å². The van der Waals surface area contributed by atoms with E-state index >= 15 is 0 Å². The number of likely N-dealkylation sites (tertiary alicyclic amines) is 1. The molecular formula is C20H21F2N5O2. The molecular weight excluding hydrogens is 380 g/mol. The van der Waals surface area contributed by atoms with E-state index in [4.69, 9.17) is 4.74 Å². The SMILES string of the molecule is C[C@@H](Oc1ccc(F)cc1F)C(=O)N1CCC[C@H](c2nn(C)c3nccnc23)C1. The Morgan fingerprint density at radius 2 is 2.07 bits per heavy atom. The molecule has 0 aliphatic carbocycles. The van der Waals surface area contributed by atoms with Crippen molar-refractivity contribution >= 4 is 17.1 Å². The number of hydrogen-bond acceptors (Lipinski definition) is 5. The second kappa shape index (κ2) is 7.73. The Kier molecular flexibility index (Phi) is 5.12. The van der Waals surface area contributed by atoms with Gasteiger partial charge in [0, 0.05) is 44.5 Å². The second-order valence-electron chi connectivity index (χ2n) is 7.20. The lowest BCUT2D eigenvalue weighted by Gasteiger charge is -2.33. The van der Waals surface area contributed by atoms with Crippen molar-refractivity contribution in [2.75, 3.05) is 13.1 Å². The number of hydrogen-bond donors (Lipinski definition) is 0. The van der Waals surface area contributed by atoms with Crippen LogP contribution in [0, 0.1) is 11.6 Å². The highest BCUT2D eigenvalue weighted by atomic mass is 19.1. The molecule has 4 rings (SSSR count). The average Bonchev–Trinajstić information content (AvgIpc) is 3.06. The number of halogens is 2. The molecule has 152 valence electrons. The van der Waals surface area contributed by atoms with Crippen molar-refractivity contribution in [3.05, 3.63) is 47.9 Å². The van der Waals surface area contributed by atoms with Crippen LogP contribution in [0.2, 0.25) is 0 Å². The molecule has 9 heteroatoms. The fourth-order valence-corrected chi connectivity index (χ4v) is 3.75. The molecule has 0 unspecified atom stereocenters. The number of carbonyl (C=O) groups is 1. The van der Waals surface area contributed by atoms with Gasteiger partial charge in [-0.1, -0.05) is 0 Å². The van der Waals surface area contributed by atoms with E-state index < -0.39 is 17.7 Å². The molecule has 0 saturated carbocycles. The zero-order chi connectivity index (χ0) is 20.5. The van der Waals surface area contributed by atoms with Gasteiger partial charge >= 0.3 is 0 Å². The number of aromatic nitrogens is 4. The van der Waals surface area contributed by atoms with E-state index in [1.165, 1.54) is 6.07 Å². The Hall–Kier alpha value is -3.10. The van der Waals surface area contributed by atoms with E-state index in [-0.39, 0.29) is 17.6 Å². The highest BCUT2D eigenvalue weighted by Crippen LogP contribution is 2.30. The summed E-state index contributed by atoms with van der Waals surface area (Å²) in [5.41, 5.74) is 2.27. The molecule has 0 spiro atoms. The van der Waals surface area contributed by atoms with Crippen LogP contribution in [0.1, 0.15) is 31.4 Å². The van der Waals surface area contributed by atoms with Crippen molar-refractivity contribution in [2.45, 2.75) is 31.8 Å². The molecule has 0 N–H and O–H groups in total. The smallest absolute Gasteiger partial charge is 0.263 e. The Morgan fingerprint density at radius 3 is 2.86 bits per heavy atom. The number of nitrogens with zero attached hydrogens (tertiary/aromatic N) is 5. The maximum atomic E-state index is 13.8. The third-order valence-electron chi connectivity index (χ3n) is 5.15. The van der Waals surface area contributed by atoms with Gasteiger partial charge in [-0.25, -0.2) is 23.4 Å². The van der Waals surface area contributed by atoms with Gasteiger partial charge in [-0.15, -0.1) is 0 Å². The summed E-state index contributed by atoms with van der Waals surface area (Å²) in [4.78, 5) is 23.3. The standard InChI is InChI=1S/C20H21F2N5O2/c1-12(29-16-6-5-14(21)10-15(16)22)20(28)27-9-3-4-13(11-27)17-18-19(26(2)25-17)24-8-7-23-18/h5-8,10,12-13H,3-4,9,11H2,1-2H3/t12-,13+/m1/s1. The first-order valence-electron chi connectivity index (χ1n) is 9.48. The predicted molar refractivity (Wildman–Crippen MR) is 101 cm³/mol. The molecule has 1 aliphatic rings. The minimum Gasteiger partial charge on any atom is -0.478 e. The van der Waals surface area contributed by atoms with Gasteiger partial charge < -0.3 is 9.64 Å². The maximum Gasteiger partial charge on any atom is 0.263 e. The lowest BCUT2D eigenvalue weighted by molar-refractivity contribution is -0.139. The first-order chi connectivity index (χ1) is 13.9. The van der Waals surface area contributed by atoms with Gasteiger partial charge in [0.05, 0.1) is 5.69 Å². The van der Waals surface area contributed by atoms with Gasteiger partial charge in [0.25, 0.3) is 5.91 Å². The zero-order valence-corrected chi connectivity index (χ0v) is 16.2. The van der Waals surface area contributed by atoms with E-state index in [2.05, 4.69) is 15.1 Å². The van der Waals surface area contributed by atoms with E-state index in [9.17, 15) is 13.6 Å². The first kappa shape index (κ1) is 19.2. The van der Waals surface area contributed by atoms with Crippen LogP contribution < -0.4 is 4.74 Å². The highest BCUT2D eigenvalue weighted by Gasteiger charge is 2.31. The molecule has 1 saturated heterocycles. The van der Waals surface area contributed by atoms with Crippen LogP contribution in [0.4, 0.5) is 8.78 Å². The normalized spacial score (nSPS) is 18.1. The number of amides is 1. The summed E-state index contributed by atoms with van der Waals surface area (Å²) in [6, 6.07) is 3.02. The topological polar surface area (TPSA) is 73.1 Å². The number of benzene rings is 1. The van der Waals surface area contributed by atoms with Gasteiger partial charge in [-0.2, -0.15) is 5.10 Å². The number of rotatable bonds is 4. The molecule has 1 aromatic carbocycles. The molecule has 1 aliphatic heterocycles. The monoisotopic (exact) mass is 401 g/mol. The summed E-state index contributed by atoms with van der Waals surface area (Å²) in [5, 5.41) is 4.58. The Balaban J connectivity index is 1.49. The Morgan fingerprint density at radius 1 is 1.28 bits per heavy atom. The molecule has 7 nitrogen and oxygen atoms in total. The molecule has 0 bridgehead atoms. The Labute approximate surface area is 166 Å². The molecule has 1 amide bonds. The average molecular weight is 401 g/mol. The summed E-state index contributed by atoms with van der Waals surface area (Å²) in [5.74, 6) is -1.89. The summed E-state index contributed by atoms with van der Waals surface area (Å²) in [7, 11) is 1.82. The molecule has 3 heterocycles. The van der Waals surface area contributed by atoms with Crippen LogP contribution in [0.3, 0.4) is 0 Å². The van der Waals surface area contributed by atoms with Crippen LogP contribution in [0.25, 0.3) is 11.2 Å². The fourth-order valence-electron chi connectivity index (χ4n) is 3.75. The van der Waals surface area contributed by atoms with Crippen LogP contribution >= 0.6 is 0 Å². The zero-order valence-electron chi connectivity index (χ0n) is 16.2. The van der Waals surface area contributed by atoms with Crippen molar-refractivity contribution in [1.82, 2.24) is 24.6 Å². The van der Waals surface area contributed by atoms with Crippen molar-refractivity contribution in [2.24, 2.45) is 7.05 Å². The summed E-state index contributed by atoms with van der Waals surface area (Å²) >= 11 is 0. The molecule has 2 atom stereocenters. The minimum atomic E-state index is -0.894. The minimum absolute atomic E-state index is 0.0304. The van der Waals surface area contributed by atoms with Gasteiger partial charge in [0.1, 0.15) is 11.3 Å². The van der Waals surface area contributed by atoms with Gasteiger partial charge in [-0.05, 0) is 31.9 Å². The summed E-state index contributed by atoms with van der Waals surface area (Å²) in [6.07, 6.45) is 4.06. The number of carbonyl (C=O) groups excluding carboxylic acids is 1. The van der Waals surface area contributed by atoms with Crippen LogP contribution in [0.5, 0.6) is 5.75 Å². The predicted octanol–water partition coefficient (Wildman–Crippen LogP) is 2.82. The Bertz CT molecular complexity index is 1050. The molecule has 3 aromatic rings. The van der Waals surface area contributed by atoms with Crippen molar-refractivity contribution in [3.8, 4) is 5.75 Å². The fraction of sp³-hybridized carbons (Fsp3) is 0.400. The molecule has 29 heavy (non-hydrogen) atoms. The van der Waals surface area contributed by atoms with Crippen LogP contribution in [-0.4, -0.2) is 49.7 Å². The molecule has 0 radical (unpaired) electrons.